The molecule has 1 atom stereocenters. The molecule has 1 N–H and O–H groups in total. The molecule has 0 saturated heterocycles. The Hall–Kier alpha value is -2.04. The van der Waals surface area contributed by atoms with Crippen LogP contribution in [0.2, 0.25) is 0 Å². The van der Waals surface area contributed by atoms with Gasteiger partial charge in [0.15, 0.2) is 0 Å². The molecule has 5 nitrogen and oxygen atoms in total. The van der Waals surface area contributed by atoms with Gasteiger partial charge in [-0.15, -0.1) is 0 Å². The molecular formula is C16H23NO4. The number of amides is 1. The van der Waals surface area contributed by atoms with E-state index >= 15 is 0 Å². The van der Waals surface area contributed by atoms with Crippen molar-refractivity contribution < 1.29 is 19.1 Å². The lowest BCUT2D eigenvalue weighted by atomic mass is 10.0. The standard InChI is InChI=1S/C16H23NO4/c1-11-6-7-14(20-5)12(10-11)13(8-9-18)17-15(19)21-16(2,3)4/h6-7,9-10,13H,8H2,1-5H3,(H,17,19)/t13-/m0/s1. The number of carbonyl (C=O) groups excluding carboxylic acids is 2. The molecule has 0 aliphatic carbocycles. The number of aryl methyl sites for hydroxylation is 1. The molecule has 0 bridgehead atoms. The maximum atomic E-state index is 11.9. The van der Waals surface area contributed by atoms with Gasteiger partial charge in [0, 0.05) is 12.0 Å². The molecule has 116 valence electrons. The van der Waals surface area contributed by atoms with Gasteiger partial charge < -0.3 is 19.6 Å². The molecule has 0 aromatic heterocycles. The second-order valence-electron chi connectivity index (χ2n) is 5.85. The Bertz CT molecular complexity index is 505. The molecule has 0 spiro atoms. The van der Waals surface area contributed by atoms with E-state index in [9.17, 15) is 9.59 Å². The van der Waals surface area contributed by atoms with Crippen molar-refractivity contribution in [2.24, 2.45) is 0 Å². The van der Waals surface area contributed by atoms with Gasteiger partial charge in [-0.1, -0.05) is 17.7 Å². The minimum atomic E-state index is -0.591. The molecule has 1 aromatic carbocycles. The molecular weight excluding hydrogens is 270 g/mol. The zero-order chi connectivity index (χ0) is 16.0. The van der Waals surface area contributed by atoms with Crippen molar-refractivity contribution in [3.8, 4) is 5.75 Å². The SMILES string of the molecule is COc1ccc(C)cc1[C@H](CC=O)NC(=O)OC(C)(C)C. The largest absolute Gasteiger partial charge is 0.496 e. The number of hydrogen-bond acceptors (Lipinski definition) is 4. The number of nitrogens with one attached hydrogen (secondary N) is 1. The molecule has 1 amide bonds. The van der Waals surface area contributed by atoms with E-state index in [-0.39, 0.29) is 6.42 Å². The van der Waals surface area contributed by atoms with E-state index < -0.39 is 17.7 Å². The highest BCUT2D eigenvalue weighted by Gasteiger charge is 2.22. The number of hydrogen-bond donors (Lipinski definition) is 1. The summed E-state index contributed by atoms with van der Waals surface area (Å²) in [5.41, 5.74) is 1.19. The van der Waals surface area contributed by atoms with E-state index in [1.807, 2.05) is 25.1 Å². The van der Waals surface area contributed by atoms with Gasteiger partial charge in [0.05, 0.1) is 13.2 Å². The Labute approximate surface area is 125 Å². The lowest BCUT2D eigenvalue weighted by Crippen LogP contribution is -2.35. The van der Waals surface area contributed by atoms with Crippen molar-refractivity contribution >= 4 is 12.4 Å². The lowest BCUT2D eigenvalue weighted by Gasteiger charge is -2.24. The van der Waals surface area contributed by atoms with Gasteiger partial charge >= 0.3 is 6.09 Å². The van der Waals surface area contributed by atoms with Crippen LogP contribution in [0.1, 0.15) is 44.4 Å². The third-order valence-corrected chi connectivity index (χ3v) is 2.78. The molecule has 5 heteroatoms. The number of carbonyl (C=O) groups is 2. The highest BCUT2D eigenvalue weighted by Crippen LogP contribution is 2.28. The topological polar surface area (TPSA) is 64.6 Å². The fraction of sp³-hybridized carbons (Fsp3) is 0.500. The molecule has 0 unspecified atom stereocenters. The van der Waals surface area contributed by atoms with Crippen molar-refractivity contribution in [3.05, 3.63) is 29.3 Å². The normalized spacial score (nSPS) is 12.4. The first-order chi connectivity index (χ1) is 9.76. The Morgan fingerprint density at radius 2 is 2.05 bits per heavy atom. The van der Waals surface area contributed by atoms with E-state index in [4.69, 9.17) is 9.47 Å². The van der Waals surface area contributed by atoms with Crippen molar-refractivity contribution in [1.82, 2.24) is 5.32 Å². The predicted octanol–water partition coefficient (Wildman–Crippen LogP) is 3.16. The van der Waals surface area contributed by atoms with Crippen molar-refractivity contribution in [2.45, 2.75) is 45.8 Å². The summed E-state index contributed by atoms with van der Waals surface area (Å²) < 4.78 is 10.5. The van der Waals surface area contributed by atoms with Crippen LogP contribution in [-0.4, -0.2) is 25.1 Å². The van der Waals surface area contributed by atoms with Crippen molar-refractivity contribution in [1.29, 1.82) is 0 Å². The minimum absolute atomic E-state index is 0.152. The molecule has 0 aliphatic rings. The molecule has 0 radical (unpaired) electrons. The van der Waals surface area contributed by atoms with Crippen LogP contribution in [0.25, 0.3) is 0 Å². The van der Waals surface area contributed by atoms with Crippen LogP contribution in [-0.2, 0) is 9.53 Å². The summed E-state index contributed by atoms with van der Waals surface area (Å²) in [6, 6.07) is 5.14. The van der Waals surface area contributed by atoms with Crippen LogP contribution in [0.3, 0.4) is 0 Å². The molecule has 0 aliphatic heterocycles. The van der Waals surface area contributed by atoms with E-state index in [2.05, 4.69) is 5.32 Å². The van der Waals surface area contributed by atoms with Gasteiger partial charge in [0.2, 0.25) is 0 Å². The van der Waals surface area contributed by atoms with Gasteiger partial charge in [0.1, 0.15) is 17.6 Å². The summed E-state index contributed by atoms with van der Waals surface area (Å²) in [7, 11) is 1.56. The quantitative estimate of drug-likeness (QED) is 0.847. The highest BCUT2D eigenvalue weighted by atomic mass is 16.6. The smallest absolute Gasteiger partial charge is 0.408 e. The average Bonchev–Trinajstić information content (AvgIpc) is 2.36. The fourth-order valence-corrected chi connectivity index (χ4v) is 1.94. The summed E-state index contributed by atoms with van der Waals surface area (Å²) in [5.74, 6) is 0.628. The van der Waals surface area contributed by atoms with E-state index in [0.717, 1.165) is 17.4 Å². The first-order valence-corrected chi connectivity index (χ1v) is 6.84. The van der Waals surface area contributed by atoms with Crippen LogP contribution in [0, 0.1) is 6.92 Å². The molecule has 1 aromatic rings. The average molecular weight is 293 g/mol. The van der Waals surface area contributed by atoms with Gasteiger partial charge in [-0.3, -0.25) is 0 Å². The van der Waals surface area contributed by atoms with Crippen molar-refractivity contribution in [2.75, 3.05) is 7.11 Å². The Morgan fingerprint density at radius 1 is 1.38 bits per heavy atom. The van der Waals surface area contributed by atoms with E-state index in [0.29, 0.717) is 5.75 Å². The maximum Gasteiger partial charge on any atom is 0.408 e. The molecule has 21 heavy (non-hydrogen) atoms. The van der Waals surface area contributed by atoms with Crippen LogP contribution < -0.4 is 10.1 Å². The summed E-state index contributed by atoms with van der Waals surface area (Å²) in [4.78, 5) is 22.8. The minimum Gasteiger partial charge on any atom is -0.496 e. The Balaban J connectivity index is 2.99. The number of alkyl carbamates (subject to hydrolysis) is 1. The third-order valence-electron chi connectivity index (χ3n) is 2.78. The van der Waals surface area contributed by atoms with Gasteiger partial charge in [-0.2, -0.15) is 0 Å². The predicted molar refractivity (Wildman–Crippen MR) is 80.5 cm³/mol. The van der Waals surface area contributed by atoms with Crippen molar-refractivity contribution in [3.63, 3.8) is 0 Å². The summed E-state index contributed by atoms with van der Waals surface area (Å²) in [5, 5.41) is 2.72. The van der Waals surface area contributed by atoms with Crippen LogP contribution in [0.4, 0.5) is 4.79 Å². The van der Waals surface area contributed by atoms with Crippen LogP contribution in [0.15, 0.2) is 18.2 Å². The zero-order valence-corrected chi connectivity index (χ0v) is 13.2. The highest BCUT2D eigenvalue weighted by molar-refractivity contribution is 5.69. The zero-order valence-electron chi connectivity index (χ0n) is 13.2. The lowest BCUT2D eigenvalue weighted by molar-refractivity contribution is -0.108. The first-order valence-electron chi connectivity index (χ1n) is 6.84. The van der Waals surface area contributed by atoms with Gasteiger partial charge in [-0.05, 0) is 33.8 Å². The van der Waals surface area contributed by atoms with Crippen LogP contribution in [0.5, 0.6) is 5.75 Å². The number of rotatable bonds is 5. The molecule has 0 fully saturated rings. The number of methoxy groups -OCH3 is 1. The molecule has 0 saturated carbocycles. The number of benzene rings is 1. The van der Waals surface area contributed by atoms with Gasteiger partial charge in [-0.25, -0.2) is 4.79 Å². The second kappa shape index (κ2) is 7.11. The summed E-state index contributed by atoms with van der Waals surface area (Å²) in [6.07, 6.45) is 0.362. The maximum absolute atomic E-state index is 11.9. The first kappa shape index (κ1) is 17.0. The second-order valence-corrected chi connectivity index (χ2v) is 5.85. The van der Waals surface area contributed by atoms with Crippen LogP contribution >= 0.6 is 0 Å². The number of ether oxygens (including phenoxy) is 2. The molecule has 1 rings (SSSR count). The summed E-state index contributed by atoms with van der Waals surface area (Å²) >= 11 is 0. The molecule has 0 heterocycles. The number of aldehydes is 1. The van der Waals surface area contributed by atoms with E-state index in [1.165, 1.54) is 0 Å². The van der Waals surface area contributed by atoms with E-state index in [1.54, 1.807) is 27.9 Å². The van der Waals surface area contributed by atoms with Gasteiger partial charge in [0.25, 0.3) is 0 Å². The monoisotopic (exact) mass is 293 g/mol. The fourth-order valence-electron chi connectivity index (χ4n) is 1.94. The summed E-state index contributed by atoms with van der Waals surface area (Å²) in [6.45, 7) is 7.30. The Kier molecular flexibility index (Phi) is 5.76. The third kappa shape index (κ3) is 5.45. The Morgan fingerprint density at radius 3 is 2.57 bits per heavy atom.